The molecule has 3 aliphatic heterocycles. The molecule has 3 atom stereocenters. The van der Waals surface area contributed by atoms with Crippen LogP contribution in [0.5, 0.6) is 0 Å². The first-order valence-electron chi connectivity index (χ1n) is 8.83. The molecule has 0 bridgehead atoms. The van der Waals surface area contributed by atoms with E-state index in [0.29, 0.717) is 25.7 Å². The minimum atomic E-state index is -4.00. The van der Waals surface area contributed by atoms with Crippen molar-refractivity contribution in [3.63, 3.8) is 0 Å². The minimum absolute atomic E-state index is 0.0884. The Bertz CT molecular complexity index is 573. The van der Waals surface area contributed by atoms with Crippen LogP contribution in [0, 0.1) is 0 Å². The fourth-order valence-electron chi connectivity index (χ4n) is 4.32. The van der Waals surface area contributed by atoms with E-state index >= 15 is 0 Å². The zero-order chi connectivity index (χ0) is 19.3. The summed E-state index contributed by atoms with van der Waals surface area (Å²) in [5.41, 5.74) is 0. The maximum absolute atomic E-state index is 13.2. The molecule has 2 amide bonds. The van der Waals surface area contributed by atoms with Gasteiger partial charge in [-0.1, -0.05) is 0 Å². The van der Waals surface area contributed by atoms with Gasteiger partial charge in [0.15, 0.2) is 0 Å². The third-order valence-corrected chi connectivity index (χ3v) is 5.74. The van der Waals surface area contributed by atoms with E-state index in [9.17, 15) is 32.3 Å². The van der Waals surface area contributed by atoms with Gasteiger partial charge in [-0.3, -0.25) is 14.6 Å². The van der Waals surface area contributed by atoms with Crippen LogP contribution >= 0.6 is 0 Å². The largest absolute Gasteiger partial charge is 0.465 e. The Balaban J connectivity index is 1.53. The number of amides is 2. The van der Waals surface area contributed by atoms with Gasteiger partial charge in [-0.25, -0.2) is 4.79 Å². The van der Waals surface area contributed by atoms with E-state index in [0.717, 1.165) is 9.80 Å². The first kappa shape index (κ1) is 19.2. The summed E-state index contributed by atoms with van der Waals surface area (Å²) in [6, 6.07) is -1.00. The molecule has 148 valence electrons. The summed E-state index contributed by atoms with van der Waals surface area (Å²) in [7, 11) is 0. The van der Waals surface area contributed by atoms with E-state index in [1.165, 1.54) is 0 Å². The van der Waals surface area contributed by atoms with Crippen LogP contribution in [-0.4, -0.2) is 88.0 Å². The Hall–Kier alpha value is -1.58. The van der Waals surface area contributed by atoms with Gasteiger partial charge in [0.25, 0.3) is 0 Å². The molecule has 0 spiro atoms. The van der Waals surface area contributed by atoms with Crippen molar-refractivity contribution in [3.05, 3.63) is 0 Å². The monoisotopic (exact) mass is 381 g/mol. The lowest BCUT2D eigenvalue weighted by atomic mass is 10.1. The highest BCUT2D eigenvalue weighted by Gasteiger charge is 2.62. The number of hydrogen-bond donors (Lipinski definition) is 1. The van der Waals surface area contributed by atoms with Gasteiger partial charge in [0.1, 0.15) is 6.04 Å². The molecule has 0 aliphatic carbocycles. The van der Waals surface area contributed by atoms with Gasteiger partial charge in [-0.2, -0.15) is 17.6 Å². The van der Waals surface area contributed by atoms with E-state index in [2.05, 4.69) is 0 Å². The predicted octanol–water partition coefficient (Wildman–Crippen LogP) is 2.09. The second kappa shape index (κ2) is 6.54. The van der Waals surface area contributed by atoms with Crippen molar-refractivity contribution in [2.75, 3.05) is 26.2 Å². The van der Waals surface area contributed by atoms with Crippen LogP contribution in [0.15, 0.2) is 0 Å². The summed E-state index contributed by atoms with van der Waals surface area (Å²) in [6.07, 6.45) is 1.25. The number of piperazine rings is 1. The highest BCUT2D eigenvalue weighted by molar-refractivity contribution is 5.87. The molecule has 3 fully saturated rings. The lowest BCUT2D eigenvalue weighted by Crippen LogP contribution is -2.61. The van der Waals surface area contributed by atoms with Crippen LogP contribution in [0.25, 0.3) is 0 Å². The van der Waals surface area contributed by atoms with Gasteiger partial charge in [0.2, 0.25) is 5.91 Å². The summed E-state index contributed by atoms with van der Waals surface area (Å²) in [5, 5.41) is 9.19. The molecule has 1 N–H and O–H groups in total. The molecule has 3 rings (SSSR count). The van der Waals surface area contributed by atoms with E-state index in [1.54, 1.807) is 11.8 Å². The van der Waals surface area contributed by atoms with Crippen molar-refractivity contribution in [1.82, 2.24) is 14.7 Å². The number of fused-ring (bicyclic) bond motifs is 1. The Kier molecular flexibility index (Phi) is 4.83. The summed E-state index contributed by atoms with van der Waals surface area (Å²) < 4.78 is 52.9. The zero-order valence-corrected chi connectivity index (χ0v) is 14.5. The molecule has 3 aliphatic rings. The number of nitrogens with zero attached hydrogens (tertiary/aromatic N) is 3. The third-order valence-electron chi connectivity index (χ3n) is 5.74. The number of hydrogen-bond acceptors (Lipinski definition) is 3. The van der Waals surface area contributed by atoms with Gasteiger partial charge in [-0.05, 0) is 39.2 Å². The van der Waals surface area contributed by atoms with Crippen molar-refractivity contribution in [1.29, 1.82) is 0 Å². The highest BCUT2D eigenvalue weighted by atomic mass is 19.3. The number of carboxylic acid groups (broad SMARTS) is 1. The van der Waals surface area contributed by atoms with Gasteiger partial charge in [0.05, 0.1) is 13.1 Å². The van der Waals surface area contributed by atoms with Crippen molar-refractivity contribution in [3.8, 4) is 0 Å². The molecular weight excluding hydrogens is 358 g/mol. The van der Waals surface area contributed by atoms with Crippen molar-refractivity contribution in [2.24, 2.45) is 0 Å². The molecule has 0 radical (unpaired) electrons. The van der Waals surface area contributed by atoms with E-state index in [4.69, 9.17) is 0 Å². The Morgan fingerprint density at radius 2 is 1.81 bits per heavy atom. The summed E-state index contributed by atoms with van der Waals surface area (Å²) in [6.45, 7) is 0.0615. The average Bonchev–Trinajstić information content (AvgIpc) is 3.01. The topological polar surface area (TPSA) is 64.1 Å². The van der Waals surface area contributed by atoms with Crippen LogP contribution in [0.4, 0.5) is 22.4 Å². The quantitative estimate of drug-likeness (QED) is 0.758. The fourth-order valence-corrected chi connectivity index (χ4v) is 4.32. The molecule has 0 saturated carbocycles. The second-order valence-electron chi connectivity index (χ2n) is 7.50. The molecule has 0 unspecified atom stereocenters. The zero-order valence-electron chi connectivity index (χ0n) is 14.5. The molecule has 26 heavy (non-hydrogen) atoms. The number of alkyl halides is 4. The SMILES string of the molecule is C[C@H]1C(=O)N2[C@@H](CCCN3CC(F)(F)C(F)(F)C3)CC[C@H]2CN1C(=O)O. The Morgan fingerprint density at radius 3 is 2.38 bits per heavy atom. The van der Waals surface area contributed by atoms with Crippen LogP contribution in [-0.2, 0) is 4.79 Å². The predicted molar refractivity (Wildman–Crippen MR) is 83.4 cm³/mol. The molecular formula is C16H23F4N3O3. The van der Waals surface area contributed by atoms with E-state index in [1.807, 2.05) is 0 Å². The summed E-state index contributed by atoms with van der Waals surface area (Å²) >= 11 is 0. The van der Waals surface area contributed by atoms with Gasteiger partial charge in [0, 0.05) is 18.6 Å². The first-order valence-corrected chi connectivity index (χ1v) is 8.83. The molecule has 0 aromatic rings. The minimum Gasteiger partial charge on any atom is -0.465 e. The van der Waals surface area contributed by atoms with Crippen LogP contribution in [0.2, 0.25) is 0 Å². The van der Waals surface area contributed by atoms with Crippen molar-refractivity contribution < 1.29 is 32.3 Å². The first-order chi connectivity index (χ1) is 12.0. The van der Waals surface area contributed by atoms with Gasteiger partial charge < -0.3 is 10.0 Å². The lowest BCUT2D eigenvalue weighted by Gasteiger charge is -2.42. The average molecular weight is 381 g/mol. The third kappa shape index (κ3) is 3.23. The Labute approximate surface area is 148 Å². The van der Waals surface area contributed by atoms with Crippen LogP contribution in [0.1, 0.15) is 32.6 Å². The molecule has 0 aromatic heterocycles. The van der Waals surface area contributed by atoms with Gasteiger partial charge in [-0.15, -0.1) is 0 Å². The molecule has 6 nitrogen and oxygen atoms in total. The number of carbonyl (C=O) groups excluding carboxylic acids is 1. The molecule has 10 heteroatoms. The number of likely N-dealkylation sites (tertiary alicyclic amines) is 1. The molecule has 3 saturated heterocycles. The van der Waals surface area contributed by atoms with Gasteiger partial charge >= 0.3 is 17.9 Å². The van der Waals surface area contributed by atoms with Crippen LogP contribution < -0.4 is 0 Å². The number of carbonyl (C=O) groups is 2. The van der Waals surface area contributed by atoms with E-state index < -0.39 is 37.1 Å². The summed E-state index contributed by atoms with van der Waals surface area (Å²) in [4.78, 5) is 27.7. The maximum atomic E-state index is 13.2. The normalized spacial score (nSPS) is 33.6. The standard InChI is InChI=1S/C16H23F4N3O3/c1-10-13(24)23-11(4-5-12(23)7-22(10)14(25)26)3-2-6-21-8-15(17,18)16(19,20)9-21/h10-12H,2-9H2,1H3,(H,25,26)/t10-,11-,12-/m0/s1. The smallest absolute Gasteiger partial charge is 0.408 e. The molecule has 3 heterocycles. The Morgan fingerprint density at radius 1 is 1.19 bits per heavy atom. The van der Waals surface area contributed by atoms with Crippen molar-refractivity contribution >= 4 is 12.0 Å². The highest BCUT2D eigenvalue weighted by Crippen LogP contribution is 2.41. The number of rotatable bonds is 4. The van der Waals surface area contributed by atoms with E-state index in [-0.39, 0.29) is 31.1 Å². The lowest BCUT2D eigenvalue weighted by molar-refractivity contribution is -0.172. The summed E-state index contributed by atoms with van der Waals surface area (Å²) in [5.74, 6) is -8.24. The maximum Gasteiger partial charge on any atom is 0.408 e. The van der Waals surface area contributed by atoms with Crippen LogP contribution in [0.3, 0.4) is 0 Å². The van der Waals surface area contributed by atoms with Crippen molar-refractivity contribution in [2.45, 2.75) is 62.6 Å². The second-order valence-corrected chi connectivity index (χ2v) is 7.50. The molecule has 0 aromatic carbocycles. The number of halogens is 4. The fraction of sp³-hybridized carbons (Fsp3) is 0.875.